The predicted octanol–water partition coefficient (Wildman–Crippen LogP) is 4.16. The lowest BCUT2D eigenvalue weighted by Gasteiger charge is -2.25. The predicted molar refractivity (Wildman–Crippen MR) is 116 cm³/mol. The fourth-order valence-electron chi connectivity index (χ4n) is 3.76. The van der Waals surface area contributed by atoms with E-state index in [-0.39, 0.29) is 17.7 Å². The van der Waals surface area contributed by atoms with Gasteiger partial charge in [0, 0.05) is 24.5 Å². The van der Waals surface area contributed by atoms with Crippen molar-refractivity contribution in [2.45, 2.75) is 19.5 Å². The van der Waals surface area contributed by atoms with Gasteiger partial charge in [-0.15, -0.1) is 0 Å². The molecule has 1 aromatic heterocycles. The molecular formula is C25H21FN2O4. The summed E-state index contributed by atoms with van der Waals surface area (Å²) in [5.41, 5.74) is 1.79. The lowest BCUT2D eigenvalue weighted by molar-refractivity contribution is -0.140. The van der Waals surface area contributed by atoms with Gasteiger partial charge in [-0.05, 0) is 47.9 Å². The molecule has 0 saturated carbocycles. The highest BCUT2D eigenvalue weighted by Crippen LogP contribution is 2.40. The number of carbonyl (C=O) groups is 2. The summed E-state index contributed by atoms with van der Waals surface area (Å²) in [6, 6.07) is 13.8. The highest BCUT2D eigenvalue weighted by atomic mass is 19.1. The summed E-state index contributed by atoms with van der Waals surface area (Å²) in [6.45, 7) is 1.72. The molecule has 1 saturated heterocycles. The van der Waals surface area contributed by atoms with Crippen molar-refractivity contribution in [2.75, 3.05) is 7.11 Å². The number of halogens is 1. The summed E-state index contributed by atoms with van der Waals surface area (Å²) in [4.78, 5) is 31.5. The number of aliphatic hydroxyl groups excluding tert-OH is 1. The largest absolute Gasteiger partial charge is 0.507 e. The van der Waals surface area contributed by atoms with Crippen LogP contribution in [0.4, 0.5) is 4.39 Å². The number of benzene rings is 2. The fourth-order valence-corrected chi connectivity index (χ4v) is 3.76. The van der Waals surface area contributed by atoms with Crippen LogP contribution >= 0.6 is 0 Å². The highest BCUT2D eigenvalue weighted by molar-refractivity contribution is 6.46. The molecule has 1 aliphatic heterocycles. The van der Waals surface area contributed by atoms with Crippen LogP contribution in [-0.2, 0) is 16.1 Å². The van der Waals surface area contributed by atoms with Crippen molar-refractivity contribution in [3.63, 3.8) is 0 Å². The Hall–Kier alpha value is -4.00. The smallest absolute Gasteiger partial charge is 0.295 e. The van der Waals surface area contributed by atoms with Gasteiger partial charge in [-0.1, -0.05) is 30.3 Å². The van der Waals surface area contributed by atoms with Gasteiger partial charge in [0.15, 0.2) is 0 Å². The van der Waals surface area contributed by atoms with E-state index in [1.165, 1.54) is 24.1 Å². The van der Waals surface area contributed by atoms with Crippen LogP contribution in [-0.4, -0.2) is 33.8 Å². The third-order valence-corrected chi connectivity index (χ3v) is 5.49. The van der Waals surface area contributed by atoms with Gasteiger partial charge in [0.25, 0.3) is 11.7 Å². The van der Waals surface area contributed by atoms with Crippen molar-refractivity contribution >= 4 is 17.4 Å². The zero-order valence-electron chi connectivity index (χ0n) is 17.6. The number of ketones is 1. The van der Waals surface area contributed by atoms with Crippen LogP contribution in [0.25, 0.3) is 5.76 Å². The van der Waals surface area contributed by atoms with E-state index in [1.54, 1.807) is 55.7 Å². The van der Waals surface area contributed by atoms with Crippen molar-refractivity contribution in [1.29, 1.82) is 0 Å². The average molecular weight is 432 g/mol. The Bertz CT molecular complexity index is 1210. The standard InChI is InChI=1S/C25H21FN2O4/c1-15-5-6-18(12-20(15)26)23(29)21-22(17-7-9-19(32-2)10-8-17)28(25(31)24(21)30)14-16-4-3-11-27-13-16/h3-13,22,29H,14H2,1-2H3/b23-21+. The van der Waals surface area contributed by atoms with Crippen LogP contribution in [0.3, 0.4) is 0 Å². The van der Waals surface area contributed by atoms with E-state index in [0.29, 0.717) is 16.9 Å². The first-order valence-corrected chi connectivity index (χ1v) is 9.98. The Morgan fingerprint density at radius 3 is 2.53 bits per heavy atom. The van der Waals surface area contributed by atoms with E-state index in [2.05, 4.69) is 4.98 Å². The number of rotatable bonds is 5. The fraction of sp³-hybridized carbons (Fsp3) is 0.160. The zero-order valence-corrected chi connectivity index (χ0v) is 17.6. The van der Waals surface area contributed by atoms with Crippen molar-refractivity contribution in [3.8, 4) is 5.75 Å². The summed E-state index contributed by atoms with van der Waals surface area (Å²) in [5.74, 6) is -1.90. The maximum absolute atomic E-state index is 14.2. The summed E-state index contributed by atoms with van der Waals surface area (Å²) >= 11 is 0. The molecule has 0 spiro atoms. The van der Waals surface area contributed by atoms with Crippen LogP contribution in [0.2, 0.25) is 0 Å². The van der Waals surface area contributed by atoms with Gasteiger partial charge in [0.05, 0.1) is 18.7 Å². The van der Waals surface area contributed by atoms with E-state index in [1.807, 2.05) is 0 Å². The number of aliphatic hydroxyl groups is 1. The van der Waals surface area contributed by atoms with Gasteiger partial charge in [0.1, 0.15) is 17.3 Å². The van der Waals surface area contributed by atoms with E-state index in [0.717, 1.165) is 11.6 Å². The molecule has 4 rings (SSSR count). The van der Waals surface area contributed by atoms with Gasteiger partial charge in [-0.25, -0.2) is 4.39 Å². The van der Waals surface area contributed by atoms with Gasteiger partial charge in [-0.2, -0.15) is 0 Å². The number of likely N-dealkylation sites (tertiary alicyclic amines) is 1. The molecule has 2 heterocycles. The Balaban J connectivity index is 1.86. The Morgan fingerprint density at radius 1 is 1.16 bits per heavy atom. The SMILES string of the molecule is COc1ccc(C2/C(=C(\O)c3ccc(C)c(F)c3)C(=O)C(=O)N2Cc2cccnc2)cc1. The van der Waals surface area contributed by atoms with E-state index < -0.39 is 29.3 Å². The number of aromatic nitrogens is 1. The van der Waals surface area contributed by atoms with Gasteiger partial charge >= 0.3 is 0 Å². The molecule has 6 nitrogen and oxygen atoms in total. The van der Waals surface area contributed by atoms with Crippen molar-refractivity contribution in [3.05, 3.63) is 101 Å². The molecule has 1 N–H and O–H groups in total. The Labute approximate surface area is 184 Å². The first-order valence-electron chi connectivity index (χ1n) is 9.98. The number of aryl methyl sites for hydroxylation is 1. The number of ether oxygens (including phenoxy) is 1. The molecule has 1 aliphatic rings. The molecule has 162 valence electrons. The highest BCUT2D eigenvalue weighted by Gasteiger charge is 2.46. The third-order valence-electron chi connectivity index (χ3n) is 5.49. The van der Waals surface area contributed by atoms with E-state index in [4.69, 9.17) is 4.74 Å². The van der Waals surface area contributed by atoms with Crippen LogP contribution in [0, 0.1) is 12.7 Å². The number of pyridine rings is 1. The summed E-state index contributed by atoms with van der Waals surface area (Å²) in [6.07, 6.45) is 3.23. The lowest BCUT2D eigenvalue weighted by Crippen LogP contribution is -2.29. The number of hydrogen-bond acceptors (Lipinski definition) is 5. The first kappa shape index (κ1) is 21.2. The summed E-state index contributed by atoms with van der Waals surface area (Å²) in [5, 5.41) is 11.0. The molecular weight excluding hydrogens is 411 g/mol. The molecule has 1 unspecified atom stereocenters. The molecule has 7 heteroatoms. The molecule has 0 aliphatic carbocycles. The monoisotopic (exact) mass is 432 g/mol. The topological polar surface area (TPSA) is 79.7 Å². The van der Waals surface area contributed by atoms with Crippen LogP contribution < -0.4 is 4.74 Å². The maximum Gasteiger partial charge on any atom is 0.295 e. The second-order valence-electron chi connectivity index (χ2n) is 7.53. The lowest BCUT2D eigenvalue weighted by atomic mass is 9.94. The molecule has 0 bridgehead atoms. The molecule has 2 aromatic carbocycles. The number of hydrogen-bond donors (Lipinski definition) is 1. The normalized spacial score (nSPS) is 17.6. The second kappa shape index (κ2) is 8.63. The minimum absolute atomic E-state index is 0.0905. The molecule has 0 radical (unpaired) electrons. The number of nitrogens with zero attached hydrogens (tertiary/aromatic N) is 2. The first-order chi connectivity index (χ1) is 15.4. The summed E-state index contributed by atoms with van der Waals surface area (Å²) in [7, 11) is 1.54. The number of methoxy groups -OCH3 is 1. The number of amides is 1. The number of Topliss-reactive ketones (excluding diaryl/α,β-unsaturated/α-hetero) is 1. The minimum atomic E-state index is -0.856. The van der Waals surface area contributed by atoms with Gasteiger partial charge in [0.2, 0.25) is 0 Å². The third kappa shape index (κ3) is 3.85. The van der Waals surface area contributed by atoms with E-state index in [9.17, 15) is 19.1 Å². The van der Waals surface area contributed by atoms with E-state index >= 15 is 0 Å². The Kier molecular flexibility index (Phi) is 5.73. The quantitative estimate of drug-likeness (QED) is 0.372. The van der Waals surface area contributed by atoms with Gasteiger partial charge < -0.3 is 14.7 Å². The van der Waals surface area contributed by atoms with Crippen LogP contribution in [0.15, 0.2) is 72.6 Å². The van der Waals surface area contributed by atoms with Gasteiger partial charge in [-0.3, -0.25) is 14.6 Å². The summed E-state index contributed by atoms with van der Waals surface area (Å²) < 4.78 is 19.4. The van der Waals surface area contributed by atoms with Crippen molar-refractivity contribution in [2.24, 2.45) is 0 Å². The zero-order chi connectivity index (χ0) is 22.8. The van der Waals surface area contributed by atoms with Crippen LogP contribution in [0.5, 0.6) is 5.75 Å². The van der Waals surface area contributed by atoms with Crippen molar-refractivity contribution in [1.82, 2.24) is 9.88 Å². The molecule has 3 aromatic rings. The molecule has 32 heavy (non-hydrogen) atoms. The second-order valence-corrected chi connectivity index (χ2v) is 7.53. The van der Waals surface area contributed by atoms with Crippen molar-refractivity contribution < 1.29 is 23.8 Å². The van der Waals surface area contributed by atoms with Crippen LogP contribution in [0.1, 0.15) is 28.3 Å². The minimum Gasteiger partial charge on any atom is -0.507 e. The average Bonchev–Trinajstić information content (AvgIpc) is 3.06. The Morgan fingerprint density at radius 2 is 1.91 bits per heavy atom. The molecule has 1 amide bonds. The molecule has 1 fully saturated rings. The molecule has 1 atom stereocenters. The number of carbonyl (C=O) groups excluding carboxylic acids is 2. The maximum atomic E-state index is 14.2.